The molecule has 290 valence electrons. The molecule has 0 N–H and O–H groups in total. The fourth-order valence-electron chi connectivity index (χ4n) is 9.12. The van der Waals surface area contributed by atoms with Gasteiger partial charge in [-0.1, -0.05) is 194 Å². The van der Waals surface area contributed by atoms with Gasteiger partial charge in [-0.05, 0) is 58.1 Å². The molecule has 3 aromatic heterocycles. The molecule has 12 rings (SSSR count). The maximum absolute atomic E-state index is 5.40. The van der Waals surface area contributed by atoms with Crippen molar-refractivity contribution in [2.24, 2.45) is 0 Å². The molecule has 5 heteroatoms. The van der Waals surface area contributed by atoms with Gasteiger partial charge >= 0.3 is 0 Å². The van der Waals surface area contributed by atoms with E-state index in [4.69, 9.17) is 15.0 Å². The van der Waals surface area contributed by atoms with Crippen molar-refractivity contribution >= 4 is 43.6 Å². The van der Waals surface area contributed by atoms with Crippen LogP contribution in [0.2, 0.25) is 0 Å². The Kier molecular flexibility index (Phi) is 8.42. The van der Waals surface area contributed by atoms with Crippen molar-refractivity contribution in [3.63, 3.8) is 0 Å². The highest BCUT2D eigenvalue weighted by atomic mass is 15.2. The van der Waals surface area contributed by atoms with E-state index in [0.717, 1.165) is 83.0 Å². The second-order valence-electron chi connectivity index (χ2n) is 15.6. The lowest BCUT2D eigenvalue weighted by Crippen LogP contribution is -2.07. The largest absolute Gasteiger partial charge is 0.309 e. The summed E-state index contributed by atoms with van der Waals surface area (Å²) in [5.74, 6) is 1.76. The van der Waals surface area contributed by atoms with Gasteiger partial charge in [-0.15, -0.1) is 0 Å². The molecule has 5 nitrogen and oxygen atoms in total. The van der Waals surface area contributed by atoms with Crippen LogP contribution in [-0.2, 0) is 0 Å². The first-order valence-electron chi connectivity index (χ1n) is 21.0. The molecule has 0 fully saturated rings. The number of hydrogen-bond donors (Lipinski definition) is 0. The molecule has 0 radical (unpaired) electrons. The van der Waals surface area contributed by atoms with Crippen molar-refractivity contribution in [1.29, 1.82) is 0 Å². The van der Waals surface area contributed by atoms with Crippen LogP contribution in [0.5, 0.6) is 0 Å². The summed E-state index contributed by atoms with van der Waals surface area (Å²) in [6.07, 6.45) is 0. The molecule has 0 spiro atoms. The first-order chi connectivity index (χ1) is 30.8. The number of fused-ring (bicyclic) bond motifs is 7. The van der Waals surface area contributed by atoms with E-state index in [1.807, 2.05) is 12.1 Å². The highest BCUT2D eigenvalue weighted by Gasteiger charge is 2.26. The van der Waals surface area contributed by atoms with Gasteiger partial charge in [0, 0.05) is 43.9 Å². The van der Waals surface area contributed by atoms with Crippen molar-refractivity contribution < 1.29 is 0 Å². The third-order valence-electron chi connectivity index (χ3n) is 12.0. The molecular formula is C57H37N5. The molecular weight excluding hydrogens is 755 g/mol. The van der Waals surface area contributed by atoms with Crippen molar-refractivity contribution in [3.8, 4) is 67.8 Å². The van der Waals surface area contributed by atoms with E-state index in [-0.39, 0.29) is 0 Å². The fraction of sp³-hybridized carbons (Fsp3) is 0. The molecule has 3 heterocycles. The van der Waals surface area contributed by atoms with E-state index in [2.05, 4.69) is 221 Å². The zero-order valence-electron chi connectivity index (χ0n) is 33.6. The predicted molar refractivity (Wildman–Crippen MR) is 256 cm³/mol. The van der Waals surface area contributed by atoms with Gasteiger partial charge in [-0.3, -0.25) is 4.57 Å². The normalized spacial score (nSPS) is 11.5. The Bertz CT molecular complexity index is 3470. The van der Waals surface area contributed by atoms with Crippen molar-refractivity contribution in [1.82, 2.24) is 24.1 Å². The van der Waals surface area contributed by atoms with Gasteiger partial charge in [-0.2, -0.15) is 9.97 Å². The van der Waals surface area contributed by atoms with Crippen molar-refractivity contribution in [2.45, 2.75) is 0 Å². The lowest BCUT2D eigenvalue weighted by molar-refractivity contribution is 0.954. The van der Waals surface area contributed by atoms with Gasteiger partial charge in [0.05, 0.1) is 22.1 Å². The summed E-state index contributed by atoms with van der Waals surface area (Å²) in [6.45, 7) is 0. The molecule has 62 heavy (non-hydrogen) atoms. The van der Waals surface area contributed by atoms with Crippen molar-refractivity contribution in [2.75, 3.05) is 0 Å². The molecule has 0 atom stereocenters. The van der Waals surface area contributed by atoms with E-state index in [9.17, 15) is 0 Å². The molecule has 0 saturated carbocycles. The average molecular weight is 792 g/mol. The summed E-state index contributed by atoms with van der Waals surface area (Å²) in [7, 11) is 0. The highest BCUT2D eigenvalue weighted by Crippen LogP contribution is 2.46. The first-order valence-corrected chi connectivity index (χ1v) is 21.0. The number of aromatic nitrogens is 5. The molecule has 0 unspecified atom stereocenters. The third-order valence-corrected chi connectivity index (χ3v) is 12.0. The molecule has 12 aromatic rings. The number of para-hydroxylation sites is 3. The summed E-state index contributed by atoms with van der Waals surface area (Å²) < 4.78 is 4.67. The summed E-state index contributed by atoms with van der Waals surface area (Å²) in [6, 6.07) is 79.1. The molecule has 0 amide bonds. The molecule has 0 aliphatic carbocycles. The zero-order valence-corrected chi connectivity index (χ0v) is 33.6. The second-order valence-corrected chi connectivity index (χ2v) is 15.6. The molecule has 0 bridgehead atoms. The molecule has 0 aliphatic heterocycles. The Balaban J connectivity index is 1.17. The Labute approximate surface area is 358 Å². The van der Waals surface area contributed by atoms with Crippen LogP contribution < -0.4 is 0 Å². The van der Waals surface area contributed by atoms with Crippen LogP contribution in [0.3, 0.4) is 0 Å². The molecule has 9 aromatic carbocycles. The molecule has 0 saturated heterocycles. The van der Waals surface area contributed by atoms with E-state index in [0.29, 0.717) is 17.6 Å². The summed E-state index contributed by atoms with van der Waals surface area (Å²) >= 11 is 0. The van der Waals surface area contributed by atoms with Crippen LogP contribution in [0.4, 0.5) is 0 Å². The first kappa shape index (κ1) is 35.5. The van der Waals surface area contributed by atoms with E-state index < -0.39 is 0 Å². The monoisotopic (exact) mass is 791 g/mol. The standard InChI is InChI=1S/C57H37N5/c1-5-17-38(18-6-1)40-29-33-43(34-30-40)55-58-56(44-35-31-41(32-36-44)39-19-7-2-8-20-39)60-57(59-55)62-50-28-16-14-26-47(50)53-52-46-25-13-15-27-49(46)61(45-23-11-4-12-24-45)51(52)37-48(54(53)62)42-21-9-3-10-22-42/h1-37H. The van der Waals surface area contributed by atoms with Crippen LogP contribution in [0.1, 0.15) is 0 Å². The fourth-order valence-corrected chi connectivity index (χ4v) is 9.12. The van der Waals surface area contributed by atoms with E-state index in [1.54, 1.807) is 0 Å². The third kappa shape index (κ3) is 5.90. The maximum atomic E-state index is 5.40. The van der Waals surface area contributed by atoms with Gasteiger partial charge < -0.3 is 4.57 Å². The SMILES string of the molecule is c1ccc(-c2ccc(-c3nc(-c4ccc(-c5ccccc5)cc4)nc(-n4c5ccccc5c5c6c7ccccc7n(-c7ccccc7)c6cc(-c6ccccc6)c54)n3)cc2)cc1. The Morgan fingerprint density at radius 3 is 1.23 bits per heavy atom. The Morgan fingerprint density at radius 2 is 0.694 bits per heavy atom. The average Bonchev–Trinajstić information content (AvgIpc) is 3.88. The lowest BCUT2D eigenvalue weighted by atomic mass is 9.98. The molecule has 0 aliphatic rings. The van der Waals surface area contributed by atoms with Crippen LogP contribution >= 0.6 is 0 Å². The van der Waals surface area contributed by atoms with E-state index >= 15 is 0 Å². The predicted octanol–water partition coefficient (Wildman–Crippen LogP) is 14.4. The smallest absolute Gasteiger partial charge is 0.238 e. The van der Waals surface area contributed by atoms with Gasteiger partial charge in [0.1, 0.15) is 0 Å². The van der Waals surface area contributed by atoms with Gasteiger partial charge in [0.15, 0.2) is 11.6 Å². The number of hydrogen-bond acceptors (Lipinski definition) is 3. The van der Waals surface area contributed by atoms with Crippen LogP contribution in [0, 0.1) is 0 Å². The Morgan fingerprint density at radius 1 is 0.290 bits per heavy atom. The number of rotatable bonds is 7. The summed E-state index contributed by atoms with van der Waals surface area (Å²) in [5, 5.41) is 4.67. The van der Waals surface area contributed by atoms with Crippen LogP contribution in [-0.4, -0.2) is 24.1 Å². The number of nitrogens with zero attached hydrogens (tertiary/aromatic N) is 5. The number of benzene rings is 9. The minimum Gasteiger partial charge on any atom is -0.309 e. The summed E-state index contributed by atoms with van der Waals surface area (Å²) in [5.41, 5.74) is 14.1. The quantitative estimate of drug-likeness (QED) is 0.162. The topological polar surface area (TPSA) is 48.5 Å². The maximum Gasteiger partial charge on any atom is 0.238 e. The van der Waals surface area contributed by atoms with Gasteiger partial charge in [0.25, 0.3) is 0 Å². The minimum atomic E-state index is 0.554. The van der Waals surface area contributed by atoms with Gasteiger partial charge in [0.2, 0.25) is 5.95 Å². The van der Waals surface area contributed by atoms with Crippen LogP contribution in [0.15, 0.2) is 224 Å². The lowest BCUT2D eigenvalue weighted by Gasteiger charge is -2.14. The minimum absolute atomic E-state index is 0.554. The summed E-state index contributed by atoms with van der Waals surface area (Å²) in [4.78, 5) is 16.0. The zero-order chi connectivity index (χ0) is 41.0. The van der Waals surface area contributed by atoms with E-state index in [1.165, 1.54) is 10.8 Å². The van der Waals surface area contributed by atoms with Crippen molar-refractivity contribution in [3.05, 3.63) is 224 Å². The highest BCUT2D eigenvalue weighted by molar-refractivity contribution is 6.31. The second kappa shape index (κ2) is 14.7. The van der Waals surface area contributed by atoms with Gasteiger partial charge in [-0.25, -0.2) is 4.98 Å². The Hall–Kier alpha value is -8.41. The van der Waals surface area contributed by atoms with Crippen LogP contribution in [0.25, 0.3) is 111 Å².